The van der Waals surface area contributed by atoms with Crippen LogP contribution in [0, 0.1) is 0 Å². The van der Waals surface area contributed by atoms with Gasteiger partial charge in [0.05, 0.1) is 0 Å². The van der Waals surface area contributed by atoms with E-state index in [1.807, 2.05) is 12.1 Å². The van der Waals surface area contributed by atoms with E-state index in [1.54, 1.807) is 25.2 Å². The van der Waals surface area contributed by atoms with E-state index in [9.17, 15) is 4.79 Å². The summed E-state index contributed by atoms with van der Waals surface area (Å²) in [6.07, 6.45) is 1.71. The molecular weight excluding hydrogens is 240 g/mol. The summed E-state index contributed by atoms with van der Waals surface area (Å²) in [5, 5.41) is 3.45. The largest absolute Gasteiger partial charge is 0.366 e. The molecule has 0 radical (unpaired) electrons. The van der Waals surface area contributed by atoms with Crippen molar-refractivity contribution in [2.45, 2.75) is 25.9 Å². The van der Waals surface area contributed by atoms with E-state index in [0.29, 0.717) is 17.8 Å². The average Bonchev–Trinajstić information content (AvgIpc) is 2.40. The number of piperazine rings is 1. The lowest BCUT2D eigenvalue weighted by Crippen LogP contribution is -2.54. The first-order chi connectivity index (χ1) is 8.99. The van der Waals surface area contributed by atoms with Crippen LogP contribution in [0.2, 0.25) is 0 Å². The summed E-state index contributed by atoms with van der Waals surface area (Å²) < 4.78 is 0. The molecule has 1 saturated heterocycles. The predicted molar refractivity (Wildman–Crippen MR) is 76.5 cm³/mol. The Bertz CT molecular complexity index is 461. The highest BCUT2D eigenvalue weighted by Crippen LogP contribution is 2.20. The van der Waals surface area contributed by atoms with Gasteiger partial charge in [-0.05, 0) is 26.0 Å². The lowest BCUT2D eigenvalue weighted by molar-refractivity contribution is 0.0822. The number of hydrogen-bond acceptors (Lipinski definition) is 4. The van der Waals surface area contributed by atoms with Crippen molar-refractivity contribution in [2.75, 3.05) is 32.1 Å². The number of carbonyl (C=O) groups excluding carboxylic acids is 1. The van der Waals surface area contributed by atoms with E-state index in [-0.39, 0.29) is 5.91 Å². The maximum absolute atomic E-state index is 12.0. The van der Waals surface area contributed by atoms with Gasteiger partial charge in [0.2, 0.25) is 0 Å². The van der Waals surface area contributed by atoms with Gasteiger partial charge in [0.25, 0.3) is 5.91 Å². The lowest BCUT2D eigenvalue weighted by atomic mass is 10.1. The van der Waals surface area contributed by atoms with Crippen LogP contribution in [0.15, 0.2) is 18.3 Å². The molecule has 1 aliphatic heterocycles. The number of nitrogens with zero attached hydrogens (tertiary/aromatic N) is 3. The normalized spacial score (nSPS) is 23.3. The number of pyridine rings is 1. The summed E-state index contributed by atoms with van der Waals surface area (Å²) in [5.74, 6) is -0.0577. The fraction of sp³-hybridized carbons (Fsp3) is 0.571. The molecule has 2 atom stereocenters. The summed E-state index contributed by atoms with van der Waals surface area (Å²) in [5.41, 5.74) is 1.57. The second-order valence-corrected chi connectivity index (χ2v) is 5.41. The van der Waals surface area contributed by atoms with E-state index < -0.39 is 0 Å². The Labute approximate surface area is 114 Å². The summed E-state index contributed by atoms with van der Waals surface area (Å²) in [7, 11) is 3.48. The Balaban J connectivity index is 2.25. The molecule has 2 heterocycles. The number of carbonyl (C=O) groups is 1. The second kappa shape index (κ2) is 5.57. The number of amides is 1. The monoisotopic (exact) mass is 262 g/mol. The van der Waals surface area contributed by atoms with E-state index >= 15 is 0 Å². The van der Waals surface area contributed by atoms with Crippen LogP contribution in [0.4, 0.5) is 5.69 Å². The van der Waals surface area contributed by atoms with Crippen molar-refractivity contribution in [1.82, 2.24) is 15.2 Å². The van der Waals surface area contributed by atoms with Gasteiger partial charge in [-0.3, -0.25) is 9.78 Å². The number of nitrogens with one attached hydrogen (secondary N) is 1. The first kappa shape index (κ1) is 13.8. The molecule has 104 valence electrons. The summed E-state index contributed by atoms with van der Waals surface area (Å²) in [4.78, 5) is 20.0. The number of aromatic nitrogens is 1. The van der Waals surface area contributed by atoms with Crippen molar-refractivity contribution in [3.63, 3.8) is 0 Å². The van der Waals surface area contributed by atoms with Gasteiger partial charge in [0.15, 0.2) is 0 Å². The molecule has 0 spiro atoms. The fourth-order valence-corrected chi connectivity index (χ4v) is 2.33. The highest BCUT2D eigenvalue weighted by atomic mass is 16.2. The highest BCUT2D eigenvalue weighted by molar-refractivity contribution is 5.92. The zero-order valence-electron chi connectivity index (χ0n) is 12.1. The maximum Gasteiger partial charge on any atom is 0.272 e. The Morgan fingerprint density at radius 3 is 2.89 bits per heavy atom. The number of rotatable bonds is 2. The molecule has 0 saturated carbocycles. The number of anilines is 1. The minimum Gasteiger partial charge on any atom is -0.366 e. The van der Waals surface area contributed by atoms with Gasteiger partial charge in [-0.15, -0.1) is 0 Å². The zero-order valence-corrected chi connectivity index (χ0v) is 12.1. The average molecular weight is 262 g/mol. The molecule has 0 aliphatic carbocycles. The molecule has 1 aromatic rings. The molecule has 5 nitrogen and oxygen atoms in total. The Kier molecular flexibility index (Phi) is 4.04. The van der Waals surface area contributed by atoms with Crippen molar-refractivity contribution >= 4 is 11.6 Å². The van der Waals surface area contributed by atoms with E-state index in [1.165, 1.54) is 0 Å². The van der Waals surface area contributed by atoms with Crippen molar-refractivity contribution in [2.24, 2.45) is 0 Å². The van der Waals surface area contributed by atoms with Gasteiger partial charge >= 0.3 is 0 Å². The van der Waals surface area contributed by atoms with Gasteiger partial charge in [-0.25, -0.2) is 0 Å². The lowest BCUT2D eigenvalue weighted by Gasteiger charge is -2.39. The van der Waals surface area contributed by atoms with Crippen LogP contribution in [0.3, 0.4) is 0 Å². The Morgan fingerprint density at radius 1 is 1.47 bits per heavy atom. The minimum atomic E-state index is -0.0577. The molecular formula is C14H22N4O. The van der Waals surface area contributed by atoms with Crippen molar-refractivity contribution in [3.8, 4) is 0 Å². The van der Waals surface area contributed by atoms with E-state index in [2.05, 4.69) is 29.0 Å². The van der Waals surface area contributed by atoms with Crippen LogP contribution in [-0.2, 0) is 0 Å². The highest BCUT2D eigenvalue weighted by Gasteiger charge is 2.23. The molecule has 0 bridgehead atoms. The van der Waals surface area contributed by atoms with Gasteiger partial charge in [-0.2, -0.15) is 0 Å². The molecule has 1 aromatic heterocycles. The third kappa shape index (κ3) is 3.04. The quantitative estimate of drug-likeness (QED) is 0.863. The van der Waals surface area contributed by atoms with Crippen LogP contribution >= 0.6 is 0 Å². The predicted octanol–water partition coefficient (Wildman–Crippen LogP) is 0.970. The first-order valence-electron chi connectivity index (χ1n) is 6.66. The van der Waals surface area contributed by atoms with Gasteiger partial charge < -0.3 is 15.1 Å². The van der Waals surface area contributed by atoms with Crippen LogP contribution < -0.4 is 10.2 Å². The standard InChI is InChI=1S/C14H22N4O/c1-10-9-18(11(2)8-16-10)12-5-6-15-13(7-12)14(19)17(3)4/h5-7,10-11,16H,8-9H2,1-4H3. The Morgan fingerprint density at radius 2 is 2.21 bits per heavy atom. The molecule has 0 aromatic carbocycles. The Hall–Kier alpha value is -1.62. The molecule has 2 rings (SSSR count). The zero-order chi connectivity index (χ0) is 14.0. The fourth-order valence-electron chi connectivity index (χ4n) is 2.33. The summed E-state index contributed by atoms with van der Waals surface area (Å²) >= 11 is 0. The molecule has 1 N–H and O–H groups in total. The number of hydrogen-bond donors (Lipinski definition) is 1. The summed E-state index contributed by atoms with van der Waals surface area (Å²) in [6.45, 7) is 6.26. The SMILES string of the molecule is CC1CN(c2ccnc(C(=O)N(C)C)c2)C(C)CN1. The second-order valence-electron chi connectivity index (χ2n) is 5.41. The van der Waals surface area contributed by atoms with Crippen LogP contribution in [-0.4, -0.2) is 55.1 Å². The smallest absolute Gasteiger partial charge is 0.272 e. The van der Waals surface area contributed by atoms with Crippen LogP contribution in [0.25, 0.3) is 0 Å². The molecule has 1 aliphatic rings. The van der Waals surface area contributed by atoms with Crippen LogP contribution in [0.5, 0.6) is 0 Å². The molecule has 5 heteroatoms. The topological polar surface area (TPSA) is 48.5 Å². The van der Waals surface area contributed by atoms with Gasteiger partial charge in [0, 0.05) is 51.2 Å². The summed E-state index contributed by atoms with van der Waals surface area (Å²) in [6, 6.07) is 4.73. The van der Waals surface area contributed by atoms with Crippen molar-refractivity contribution < 1.29 is 4.79 Å². The van der Waals surface area contributed by atoms with Crippen LogP contribution in [0.1, 0.15) is 24.3 Å². The van der Waals surface area contributed by atoms with Gasteiger partial charge in [-0.1, -0.05) is 0 Å². The minimum absolute atomic E-state index is 0.0577. The maximum atomic E-state index is 12.0. The first-order valence-corrected chi connectivity index (χ1v) is 6.66. The molecule has 19 heavy (non-hydrogen) atoms. The van der Waals surface area contributed by atoms with Crippen molar-refractivity contribution in [3.05, 3.63) is 24.0 Å². The third-order valence-corrected chi connectivity index (χ3v) is 3.46. The molecule has 1 fully saturated rings. The molecule has 2 unspecified atom stereocenters. The van der Waals surface area contributed by atoms with Crippen molar-refractivity contribution in [1.29, 1.82) is 0 Å². The molecule has 1 amide bonds. The van der Waals surface area contributed by atoms with Gasteiger partial charge in [0.1, 0.15) is 5.69 Å². The van der Waals surface area contributed by atoms with E-state index in [4.69, 9.17) is 0 Å². The van der Waals surface area contributed by atoms with E-state index in [0.717, 1.165) is 18.8 Å². The third-order valence-electron chi connectivity index (χ3n) is 3.46.